The Hall–Kier alpha value is -2.79. The molecule has 1 aliphatic heterocycles. The van der Waals surface area contributed by atoms with E-state index in [0.29, 0.717) is 17.7 Å². The van der Waals surface area contributed by atoms with Gasteiger partial charge in [-0.15, -0.1) is 0 Å². The summed E-state index contributed by atoms with van der Waals surface area (Å²) in [7, 11) is 2.03. The van der Waals surface area contributed by atoms with E-state index in [2.05, 4.69) is 30.2 Å². The predicted octanol–water partition coefficient (Wildman–Crippen LogP) is 1.50. The van der Waals surface area contributed by atoms with Gasteiger partial charge in [-0.05, 0) is 12.8 Å². The highest BCUT2D eigenvalue weighted by atomic mass is 16.5. The third-order valence-electron chi connectivity index (χ3n) is 3.78. The first-order chi connectivity index (χ1) is 11.3. The van der Waals surface area contributed by atoms with Gasteiger partial charge in [0, 0.05) is 32.4 Å². The standard InChI is InChI=1S/C15H17N7O/c1-22(12-2-4-23-5-3-12)15-6-13(19-10-20-15)21-14-9-17-11(7-16)8-18-14/h6,8-10,12H,2-5H2,1H3,(H,18,19,20,21). The highest BCUT2D eigenvalue weighted by Crippen LogP contribution is 2.21. The fourth-order valence-electron chi connectivity index (χ4n) is 2.45. The topological polar surface area (TPSA) is 99.9 Å². The molecular formula is C15H17N7O. The van der Waals surface area contributed by atoms with Gasteiger partial charge in [0.25, 0.3) is 0 Å². The average molecular weight is 311 g/mol. The maximum atomic E-state index is 8.73. The van der Waals surface area contributed by atoms with Crippen molar-refractivity contribution in [3.63, 3.8) is 0 Å². The van der Waals surface area contributed by atoms with Gasteiger partial charge < -0.3 is 15.0 Å². The van der Waals surface area contributed by atoms with Gasteiger partial charge in [-0.25, -0.2) is 19.9 Å². The van der Waals surface area contributed by atoms with Gasteiger partial charge in [-0.2, -0.15) is 5.26 Å². The molecule has 0 atom stereocenters. The largest absolute Gasteiger partial charge is 0.381 e. The number of aromatic nitrogens is 4. The highest BCUT2D eigenvalue weighted by Gasteiger charge is 2.19. The SMILES string of the molecule is CN(c1cc(Nc2cnc(C#N)cn2)ncn1)C1CCOCC1. The Morgan fingerprint density at radius 2 is 2.00 bits per heavy atom. The molecule has 2 aromatic heterocycles. The molecule has 8 nitrogen and oxygen atoms in total. The van der Waals surface area contributed by atoms with Gasteiger partial charge in [0.05, 0.1) is 12.4 Å². The second kappa shape index (κ2) is 6.98. The van der Waals surface area contributed by atoms with Gasteiger partial charge in [-0.1, -0.05) is 0 Å². The molecule has 0 unspecified atom stereocenters. The minimum absolute atomic E-state index is 0.276. The van der Waals surface area contributed by atoms with Crippen LogP contribution < -0.4 is 10.2 Å². The first kappa shape index (κ1) is 15.1. The molecule has 23 heavy (non-hydrogen) atoms. The van der Waals surface area contributed by atoms with E-state index in [1.165, 1.54) is 18.7 Å². The number of nitriles is 1. The van der Waals surface area contributed by atoms with Crippen molar-refractivity contribution in [3.05, 3.63) is 30.5 Å². The number of rotatable bonds is 4. The zero-order chi connectivity index (χ0) is 16.1. The maximum Gasteiger partial charge on any atom is 0.158 e. The lowest BCUT2D eigenvalue weighted by Gasteiger charge is -2.32. The summed E-state index contributed by atoms with van der Waals surface area (Å²) in [6.07, 6.45) is 6.42. The van der Waals surface area contributed by atoms with Crippen LogP contribution in [0.5, 0.6) is 0 Å². The van der Waals surface area contributed by atoms with E-state index in [4.69, 9.17) is 10.00 Å². The van der Waals surface area contributed by atoms with Crippen LogP contribution in [0.2, 0.25) is 0 Å². The maximum absolute atomic E-state index is 8.73. The Bertz CT molecular complexity index is 692. The quantitative estimate of drug-likeness (QED) is 0.906. The molecule has 0 radical (unpaired) electrons. The van der Waals surface area contributed by atoms with Crippen LogP contribution in [0.3, 0.4) is 0 Å². The first-order valence-electron chi connectivity index (χ1n) is 7.38. The molecule has 0 spiro atoms. The van der Waals surface area contributed by atoms with Crippen molar-refractivity contribution in [2.75, 3.05) is 30.5 Å². The molecule has 0 amide bonds. The van der Waals surface area contributed by atoms with E-state index >= 15 is 0 Å². The second-order valence-electron chi connectivity index (χ2n) is 5.24. The van der Waals surface area contributed by atoms with Crippen LogP contribution in [0.1, 0.15) is 18.5 Å². The smallest absolute Gasteiger partial charge is 0.158 e. The molecule has 118 valence electrons. The molecule has 0 bridgehead atoms. The number of nitrogens with zero attached hydrogens (tertiary/aromatic N) is 6. The molecule has 1 N–H and O–H groups in total. The predicted molar refractivity (Wildman–Crippen MR) is 84.3 cm³/mol. The summed E-state index contributed by atoms with van der Waals surface area (Å²) in [5.74, 6) is 2.01. The fourth-order valence-corrected chi connectivity index (χ4v) is 2.45. The summed E-state index contributed by atoms with van der Waals surface area (Å²) in [4.78, 5) is 18.8. The molecule has 0 aromatic carbocycles. The van der Waals surface area contributed by atoms with Crippen LogP contribution in [0.15, 0.2) is 24.8 Å². The zero-order valence-electron chi connectivity index (χ0n) is 12.8. The van der Waals surface area contributed by atoms with Gasteiger partial charge in [0.1, 0.15) is 29.9 Å². The Morgan fingerprint density at radius 3 is 2.70 bits per heavy atom. The lowest BCUT2D eigenvalue weighted by molar-refractivity contribution is 0.0853. The lowest BCUT2D eigenvalue weighted by atomic mass is 10.1. The third-order valence-corrected chi connectivity index (χ3v) is 3.78. The van der Waals surface area contributed by atoms with Crippen LogP contribution in [0, 0.1) is 11.3 Å². The van der Waals surface area contributed by atoms with E-state index in [-0.39, 0.29) is 5.69 Å². The van der Waals surface area contributed by atoms with Crippen molar-refractivity contribution in [1.29, 1.82) is 5.26 Å². The number of ether oxygens (including phenoxy) is 1. The fraction of sp³-hybridized carbons (Fsp3) is 0.400. The normalized spacial score (nSPS) is 15.0. The van der Waals surface area contributed by atoms with Gasteiger partial charge >= 0.3 is 0 Å². The van der Waals surface area contributed by atoms with Crippen molar-refractivity contribution >= 4 is 17.5 Å². The van der Waals surface area contributed by atoms with Crippen molar-refractivity contribution in [2.45, 2.75) is 18.9 Å². The summed E-state index contributed by atoms with van der Waals surface area (Å²) in [6, 6.07) is 4.22. The second-order valence-corrected chi connectivity index (χ2v) is 5.24. The number of hydrogen-bond acceptors (Lipinski definition) is 8. The van der Waals surface area contributed by atoms with Crippen molar-refractivity contribution in [1.82, 2.24) is 19.9 Å². The van der Waals surface area contributed by atoms with Crippen molar-refractivity contribution < 1.29 is 4.74 Å². The highest BCUT2D eigenvalue weighted by molar-refractivity contribution is 5.55. The van der Waals surface area contributed by atoms with Crippen molar-refractivity contribution in [3.8, 4) is 6.07 Å². The molecule has 8 heteroatoms. The number of hydrogen-bond donors (Lipinski definition) is 1. The first-order valence-corrected chi connectivity index (χ1v) is 7.38. The van der Waals surface area contributed by atoms with Crippen molar-refractivity contribution in [2.24, 2.45) is 0 Å². The summed E-state index contributed by atoms with van der Waals surface area (Å²) in [6.45, 7) is 1.57. The Balaban J connectivity index is 1.72. The average Bonchev–Trinajstić information content (AvgIpc) is 2.63. The Kier molecular flexibility index (Phi) is 4.59. The van der Waals surface area contributed by atoms with E-state index in [0.717, 1.165) is 31.9 Å². The summed E-state index contributed by atoms with van der Waals surface area (Å²) in [5, 5.41) is 11.8. The third kappa shape index (κ3) is 3.70. The lowest BCUT2D eigenvalue weighted by Crippen LogP contribution is -2.37. The molecule has 1 aliphatic rings. The van der Waals surface area contributed by atoms with Crippen LogP contribution in [0.25, 0.3) is 0 Å². The minimum Gasteiger partial charge on any atom is -0.381 e. The molecular weight excluding hydrogens is 294 g/mol. The van der Waals surface area contributed by atoms with E-state index in [1.807, 2.05) is 19.2 Å². The summed E-state index contributed by atoms with van der Waals surface area (Å²) < 4.78 is 5.40. The van der Waals surface area contributed by atoms with Crippen LogP contribution in [-0.2, 0) is 4.74 Å². The van der Waals surface area contributed by atoms with E-state index in [9.17, 15) is 0 Å². The molecule has 3 heterocycles. The molecule has 1 fully saturated rings. The summed E-state index contributed by atoms with van der Waals surface area (Å²) >= 11 is 0. The summed E-state index contributed by atoms with van der Waals surface area (Å²) in [5.41, 5.74) is 0.276. The molecule has 2 aromatic rings. The number of nitrogens with one attached hydrogen (secondary N) is 1. The Labute approximate surface area is 134 Å². The zero-order valence-corrected chi connectivity index (χ0v) is 12.8. The molecule has 0 saturated carbocycles. The van der Waals surface area contributed by atoms with E-state index in [1.54, 1.807) is 0 Å². The molecule has 0 aliphatic carbocycles. The van der Waals surface area contributed by atoms with Crippen LogP contribution in [0.4, 0.5) is 17.5 Å². The molecule has 1 saturated heterocycles. The number of anilines is 3. The van der Waals surface area contributed by atoms with Gasteiger partial charge in [0.15, 0.2) is 5.69 Å². The molecule has 3 rings (SSSR count). The van der Waals surface area contributed by atoms with E-state index < -0.39 is 0 Å². The van der Waals surface area contributed by atoms with Gasteiger partial charge in [-0.3, -0.25) is 0 Å². The van der Waals surface area contributed by atoms with Gasteiger partial charge in [0.2, 0.25) is 0 Å². The monoisotopic (exact) mass is 311 g/mol. The van der Waals surface area contributed by atoms with Crippen LogP contribution >= 0.6 is 0 Å². The Morgan fingerprint density at radius 1 is 1.17 bits per heavy atom. The minimum atomic E-state index is 0.276. The van der Waals surface area contributed by atoms with Crippen LogP contribution in [-0.4, -0.2) is 46.2 Å².